The first-order valence-corrected chi connectivity index (χ1v) is 10.2. The van der Waals surface area contributed by atoms with E-state index in [2.05, 4.69) is 5.32 Å². The molecule has 2 N–H and O–H groups in total. The van der Waals surface area contributed by atoms with E-state index in [1.54, 1.807) is 24.3 Å². The third-order valence-electron chi connectivity index (χ3n) is 3.92. The summed E-state index contributed by atoms with van der Waals surface area (Å²) in [6, 6.07) is 12.7. The van der Waals surface area contributed by atoms with E-state index in [9.17, 15) is 9.90 Å². The van der Waals surface area contributed by atoms with Crippen LogP contribution in [-0.4, -0.2) is 23.7 Å². The minimum Gasteiger partial charge on any atom is -0.491 e. The molecule has 0 aliphatic carbocycles. The molecule has 0 aliphatic rings. The van der Waals surface area contributed by atoms with Gasteiger partial charge in [-0.05, 0) is 66.4 Å². The van der Waals surface area contributed by atoms with Gasteiger partial charge in [-0.25, -0.2) is 0 Å². The van der Waals surface area contributed by atoms with Crippen LogP contribution in [0.25, 0.3) is 0 Å². The highest BCUT2D eigenvalue weighted by atomic mass is 32.1. The highest BCUT2D eigenvalue weighted by Crippen LogP contribution is 2.33. The average molecular weight is 388 g/mol. The number of carbonyl (C=O) groups excluding carboxylic acids is 1. The molecule has 1 aromatic carbocycles. The maximum atomic E-state index is 12.5. The van der Waals surface area contributed by atoms with Crippen LogP contribution in [0.5, 0.6) is 5.75 Å². The van der Waals surface area contributed by atoms with Crippen LogP contribution in [0.3, 0.4) is 0 Å². The third-order valence-corrected chi connectivity index (χ3v) is 5.62. The molecule has 4 nitrogen and oxygen atoms in total. The van der Waals surface area contributed by atoms with Gasteiger partial charge in [0, 0.05) is 16.0 Å². The summed E-state index contributed by atoms with van der Waals surface area (Å²) in [6.07, 6.45) is 0.0843. The number of aliphatic hydroxyl groups is 1. The predicted octanol–water partition coefficient (Wildman–Crippen LogP) is 4.26. The predicted molar refractivity (Wildman–Crippen MR) is 106 cm³/mol. The Kier molecular flexibility index (Phi) is 5.76. The van der Waals surface area contributed by atoms with Gasteiger partial charge in [0.25, 0.3) is 5.91 Å². The van der Waals surface area contributed by atoms with Gasteiger partial charge in [0.15, 0.2) is 0 Å². The Hall–Kier alpha value is -2.15. The minimum absolute atomic E-state index is 0.0843. The van der Waals surface area contributed by atoms with Crippen LogP contribution in [0.1, 0.15) is 34.6 Å². The molecule has 3 aromatic rings. The number of thiophene rings is 2. The van der Waals surface area contributed by atoms with E-state index in [-0.39, 0.29) is 18.6 Å². The first-order chi connectivity index (χ1) is 12.5. The number of hydrogen-bond donors (Lipinski definition) is 2. The molecule has 0 fully saturated rings. The van der Waals surface area contributed by atoms with E-state index in [1.165, 1.54) is 22.7 Å². The molecule has 0 aliphatic heterocycles. The molecular formula is C20H21NO3S2. The zero-order valence-electron chi connectivity index (χ0n) is 14.6. The summed E-state index contributed by atoms with van der Waals surface area (Å²) < 4.78 is 5.59. The fourth-order valence-electron chi connectivity index (χ4n) is 2.61. The third kappa shape index (κ3) is 4.15. The number of amides is 1. The van der Waals surface area contributed by atoms with E-state index in [4.69, 9.17) is 4.74 Å². The van der Waals surface area contributed by atoms with Gasteiger partial charge in [0.05, 0.1) is 12.6 Å². The molecule has 1 atom stereocenters. The minimum atomic E-state index is -1.23. The normalized spacial score (nSPS) is 13.4. The van der Waals surface area contributed by atoms with Gasteiger partial charge < -0.3 is 15.2 Å². The van der Waals surface area contributed by atoms with Crippen molar-refractivity contribution >= 4 is 28.6 Å². The summed E-state index contributed by atoms with van der Waals surface area (Å²) in [7, 11) is 0. The van der Waals surface area contributed by atoms with Crippen LogP contribution in [-0.2, 0) is 5.60 Å². The molecule has 26 heavy (non-hydrogen) atoms. The number of benzene rings is 1. The second kappa shape index (κ2) is 8.03. The van der Waals surface area contributed by atoms with Crippen LogP contribution >= 0.6 is 22.7 Å². The highest BCUT2D eigenvalue weighted by Gasteiger charge is 2.33. The fourth-order valence-corrected chi connectivity index (χ4v) is 4.18. The van der Waals surface area contributed by atoms with Crippen LogP contribution in [0, 0.1) is 0 Å². The van der Waals surface area contributed by atoms with Crippen molar-refractivity contribution < 1.29 is 14.6 Å². The van der Waals surface area contributed by atoms with Gasteiger partial charge in [-0.3, -0.25) is 4.79 Å². The summed E-state index contributed by atoms with van der Waals surface area (Å²) in [6.45, 7) is 4.01. The molecule has 2 heterocycles. The Labute approximate surface area is 161 Å². The standard InChI is InChI=1S/C20H21NO3S2/c1-14(2)24-17-7-5-15(6-8-17)19(22)21-13-20(23,16-9-11-25-12-16)18-4-3-10-26-18/h3-12,14,23H,13H2,1-2H3,(H,21,22)/t20-/m0/s1. The van der Waals surface area contributed by atoms with Crippen molar-refractivity contribution in [3.05, 3.63) is 74.6 Å². The Morgan fingerprint density at radius 1 is 1.19 bits per heavy atom. The summed E-state index contributed by atoms with van der Waals surface area (Å²) in [5, 5.41) is 19.9. The Balaban J connectivity index is 1.72. The number of rotatable bonds is 7. The molecule has 2 aromatic heterocycles. The SMILES string of the molecule is CC(C)Oc1ccc(C(=O)NC[C@](O)(c2ccsc2)c2cccs2)cc1. The maximum absolute atomic E-state index is 12.5. The van der Waals surface area contributed by atoms with Crippen LogP contribution < -0.4 is 10.1 Å². The summed E-state index contributed by atoms with van der Waals surface area (Å²) in [5.41, 5.74) is 0.0794. The van der Waals surface area contributed by atoms with Crippen molar-refractivity contribution in [2.24, 2.45) is 0 Å². The van der Waals surface area contributed by atoms with Gasteiger partial charge in [0.2, 0.25) is 0 Å². The average Bonchev–Trinajstić information content (AvgIpc) is 3.33. The molecule has 0 unspecified atom stereocenters. The van der Waals surface area contributed by atoms with Crippen molar-refractivity contribution in [3.8, 4) is 5.75 Å². The molecule has 0 saturated heterocycles. The monoisotopic (exact) mass is 387 g/mol. The van der Waals surface area contributed by atoms with E-state index < -0.39 is 5.60 Å². The second-order valence-corrected chi connectivity index (χ2v) is 7.95. The zero-order valence-corrected chi connectivity index (χ0v) is 16.3. The van der Waals surface area contributed by atoms with Crippen LogP contribution in [0.4, 0.5) is 0 Å². The molecule has 0 spiro atoms. The number of ether oxygens (including phenoxy) is 1. The van der Waals surface area contributed by atoms with Gasteiger partial charge in [-0.15, -0.1) is 11.3 Å². The lowest BCUT2D eigenvalue weighted by molar-refractivity contribution is 0.0721. The Bertz CT molecular complexity index is 790. The van der Waals surface area contributed by atoms with Gasteiger partial charge in [0.1, 0.15) is 11.4 Å². The molecule has 0 radical (unpaired) electrons. The van der Waals surface area contributed by atoms with Gasteiger partial charge >= 0.3 is 0 Å². The topological polar surface area (TPSA) is 58.6 Å². The summed E-state index contributed by atoms with van der Waals surface area (Å²) >= 11 is 2.99. The lowest BCUT2D eigenvalue weighted by atomic mass is 9.94. The molecule has 0 saturated carbocycles. The Morgan fingerprint density at radius 2 is 1.96 bits per heavy atom. The van der Waals surface area contributed by atoms with Crippen molar-refractivity contribution in [3.63, 3.8) is 0 Å². The number of carbonyl (C=O) groups is 1. The van der Waals surface area contributed by atoms with E-state index >= 15 is 0 Å². The first-order valence-electron chi connectivity index (χ1n) is 8.33. The van der Waals surface area contributed by atoms with Crippen molar-refractivity contribution in [1.29, 1.82) is 0 Å². The largest absolute Gasteiger partial charge is 0.491 e. The lowest BCUT2D eigenvalue weighted by Crippen LogP contribution is -2.40. The molecular weight excluding hydrogens is 366 g/mol. The Morgan fingerprint density at radius 3 is 2.54 bits per heavy atom. The summed E-state index contributed by atoms with van der Waals surface area (Å²) in [4.78, 5) is 13.3. The molecule has 6 heteroatoms. The molecule has 1 amide bonds. The van der Waals surface area contributed by atoms with Crippen LogP contribution in [0.2, 0.25) is 0 Å². The molecule has 3 rings (SSSR count). The highest BCUT2D eigenvalue weighted by molar-refractivity contribution is 7.10. The van der Waals surface area contributed by atoms with E-state index in [0.29, 0.717) is 5.56 Å². The zero-order chi connectivity index (χ0) is 18.6. The fraction of sp³-hybridized carbons (Fsp3) is 0.250. The smallest absolute Gasteiger partial charge is 0.251 e. The van der Waals surface area contributed by atoms with Gasteiger partial charge in [-0.1, -0.05) is 6.07 Å². The van der Waals surface area contributed by atoms with Crippen molar-refractivity contribution in [2.75, 3.05) is 6.54 Å². The van der Waals surface area contributed by atoms with E-state index in [0.717, 1.165) is 16.2 Å². The van der Waals surface area contributed by atoms with Gasteiger partial charge in [-0.2, -0.15) is 11.3 Å². The van der Waals surface area contributed by atoms with Crippen LogP contribution in [0.15, 0.2) is 58.6 Å². The number of hydrogen-bond acceptors (Lipinski definition) is 5. The first kappa shape index (κ1) is 18.6. The van der Waals surface area contributed by atoms with E-state index in [1.807, 2.05) is 48.2 Å². The lowest BCUT2D eigenvalue weighted by Gasteiger charge is -2.27. The maximum Gasteiger partial charge on any atom is 0.251 e. The second-order valence-electron chi connectivity index (χ2n) is 6.22. The molecule has 136 valence electrons. The molecule has 0 bridgehead atoms. The summed E-state index contributed by atoms with van der Waals surface area (Å²) in [5.74, 6) is 0.497. The quantitative estimate of drug-likeness (QED) is 0.637. The van der Waals surface area contributed by atoms with Crippen molar-refractivity contribution in [1.82, 2.24) is 5.32 Å². The number of nitrogens with one attached hydrogen (secondary N) is 1. The van der Waals surface area contributed by atoms with Crippen molar-refractivity contribution in [2.45, 2.75) is 25.6 Å².